The van der Waals surface area contributed by atoms with Crippen LogP contribution in [0.25, 0.3) is 0 Å². The number of amides is 1. The van der Waals surface area contributed by atoms with Gasteiger partial charge in [0.1, 0.15) is 0 Å². The Kier molecular flexibility index (Phi) is 7.37. The molecule has 1 atom stereocenters. The van der Waals surface area contributed by atoms with Gasteiger partial charge in [0.15, 0.2) is 0 Å². The van der Waals surface area contributed by atoms with Crippen LogP contribution in [0.4, 0.5) is 0 Å². The van der Waals surface area contributed by atoms with Crippen molar-refractivity contribution in [2.24, 2.45) is 5.73 Å². The van der Waals surface area contributed by atoms with Crippen LogP contribution in [-0.4, -0.2) is 58.1 Å². The quantitative estimate of drug-likeness (QED) is 0.710. The van der Waals surface area contributed by atoms with Crippen LogP contribution >= 0.6 is 0 Å². The summed E-state index contributed by atoms with van der Waals surface area (Å²) >= 11 is 0. The van der Waals surface area contributed by atoms with Gasteiger partial charge in [-0.1, -0.05) is 19.8 Å². The number of ether oxygens (including phenoxy) is 1. The number of unbranched alkanes of at least 4 members (excludes halogenated alkanes) is 1. The fourth-order valence-electron chi connectivity index (χ4n) is 2.69. The van der Waals surface area contributed by atoms with Gasteiger partial charge in [0, 0.05) is 31.2 Å². The first kappa shape index (κ1) is 19.8. The number of nitrogens with zero attached hydrogens (tertiary/aromatic N) is 1. The summed E-state index contributed by atoms with van der Waals surface area (Å²) in [4.78, 5) is 14.2. The van der Waals surface area contributed by atoms with E-state index in [4.69, 9.17) is 10.5 Å². The molecule has 0 saturated carbocycles. The van der Waals surface area contributed by atoms with E-state index in [-0.39, 0.29) is 23.4 Å². The molecular formula is C17H27N3O4S. The Morgan fingerprint density at radius 3 is 2.48 bits per heavy atom. The van der Waals surface area contributed by atoms with Crippen LogP contribution in [0.5, 0.6) is 0 Å². The van der Waals surface area contributed by atoms with Gasteiger partial charge in [0.05, 0.1) is 18.1 Å². The Balaban J connectivity index is 2.05. The molecule has 1 amide bonds. The maximum atomic E-state index is 12.5. The fourth-order valence-corrected chi connectivity index (χ4v) is 3.97. The molecule has 1 aromatic rings. The number of sulfonamides is 1. The molecule has 0 aliphatic carbocycles. The van der Waals surface area contributed by atoms with Crippen molar-refractivity contribution in [3.63, 3.8) is 0 Å². The first-order valence-corrected chi connectivity index (χ1v) is 10.2. The zero-order chi connectivity index (χ0) is 18.3. The molecule has 0 spiro atoms. The van der Waals surface area contributed by atoms with Gasteiger partial charge >= 0.3 is 0 Å². The summed E-state index contributed by atoms with van der Waals surface area (Å²) in [5.74, 6) is -0.108. The molecule has 7 nitrogen and oxygen atoms in total. The third kappa shape index (κ3) is 5.50. The van der Waals surface area contributed by atoms with E-state index in [1.165, 1.54) is 12.1 Å². The molecule has 2 rings (SSSR count). The second-order valence-corrected chi connectivity index (χ2v) is 7.84. The summed E-state index contributed by atoms with van der Waals surface area (Å²) in [6.07, 6.45) is 2.60. The van der Waals surface area contributed by atoms with Crippen LogP contribution in [0.3, 0.4) is 0 Å². The first-order chi connectivity index (χ1) is 12.0. The van der Waals surface area contributed by atoms with Crippen LogP contribution in [0.15, 0.2) is 29.2 Å². The molecule has 0 radical (unpaired) electrons. The number of nitrogens with two attached hydrogens (primary N) is 1. The van der Waals surface area contributed by atoms with Gasteiger partial charge in [0.2, 0.25) is 10.0 Å². The predicted molar refractivity (Wildman–Crippen MR) is 95.9 cm³/mol. The smallest absolute Gasteiger partial charge is 0.254 e. The average molecular weight is 369 g/mol. The van der Waals surface area contributed by atoms with E-state index in [1.807, 2.05) is 6.92 Å². The SMILES string of the molecule is CCCCC(CN)NS(=O)(=O)c1ccc(C(=O)N2CCOCC2)cc1. The summed E-state index contributed by atoms with van der Waals surface area (Å²) in [6.45, 7) is 4.46. The highest BCUT2D eigenvalue weighted by atomic mass is 32.2. The van der Waals surface area contributed by atoms with Crippen molar-refractivity contribution in [2.45, 2.75) is 37.1 Å². The average Bonchev–Trinajstić information content (AvgIpc) is 2.65. The first-order valence-electron chi connectivity index (χ1n) is 8.67. The second kappa shape index (κ2) is 9.28. The van der Waals surface area contributed by atoms with Crippen molar-refractivity contribution in [2.75, 3.05) is 32.8 Å². The Bertz CT molecular complexity index is 655. The van der Waals surface area contributed by atoms with Gasteiger partial charge in [-0.2, -0.15) is 0 Å². The van der Waals surface area contributed by atoms with Gasteiger partial charge in [-0.3, -0.25) is 4.79 Å². The van der Waals surface area contributed by atoms with Crippen molar-refractivity contribution in [1.82, 2.24) is 9.62 Å². The van der Waals surface area contributed by atoms with Crippen LogP contribution < -0.4 is 10.5 Å². The largest absolute Gasteiger partial charge is 0.378 e. The highest BCUT2D eigenvalue weighted by Crippen LogP contribution is 2.14. The molecule has 1 heterocycles. The second-order valence-electron chi connectivity index (χ2n) is 6.13. The lowest BCUT2D eigenvalue weighted by Crippen LogP contribution is -2.41. The topological polar surface area (TPSA) is 102 Å². The lowest BCUT2D eigenvalue weighted by atomic mass is 10.1. The monoisotopic (exact) mass is 369 g/mol. The number of morpholine rings is 1. The van der Waals surface area contributed by atoms with Crippen LogP contribution in [-0.2, 0) is 14.8 Å². The molecule has 1 aliphatic rings. The molecule has 0 bridgehead atoms. The zero-order valence-corrected chi connectivity index (χ0v) is 15.4. The molecular weight excluding hydrogens is 342 g/mol. The lowest BCUT2D eigenvalue weighted by molar-refractivity contribution is 0.0303. The lowest BCUT2D eigenvalue weighted by Gasteiger charge is -2.26. The number of rotatable bonds is 8. The number of benzene rings is 1. The summed E-state index contributed by atoms with van der Waals surface area (Å²) < 4.78 is 32.8. The van der Waals surface area contributed by atoms with Crippen molar-refractivity contribution >= 4 is 15.9 Å². The summed E-state index contributed by atoms with van der Waals surface area (Å²) in [7, 11) is -3.64. The van der Waals surface area contributed by atoms with Crippen molar-refractivity contribution in [3.05, 3.63) is 29.8 Å². The molecule has 1 saturated heterocycles. The number of hydrogen-bond donors (Lipinski definition) is 2. The highest BCUT2D eigenvalue weighted by Gasteiger charge is 2.21. The maximum absolute atomic E-state index is 12.5. The van der Waals surface area contributed by atoms with E-state index >= 15 is 0 Å². The van der Waals surface area contributed by atoms with Crippen molar-refractivity contribution in [1.29, 1.82) is 0 Å². The van der Waals surface area contributed by atoms with Gasteiger partial charge in [-0.05, 0) is 30.7 Å². The van der Waals surface area contributed by atoms with E-state index in [9.17, 15) is 13.2 Å². The standard InChI is InChI=1S/C17H27N3O4S/c1-2-3-4-15(13-18)19-25(22,23)16-7-5-14(6-8-16)17(21)20-9-11-24-12-10-20/h5-8,15,19H,2-4,9-13,18H2,1H3. The minimum Gasteiger partial charge on any atom is -0.378 e. The highest BCUT2D eigenvalue weighted by molar-refractivity contribution is 7.89. The van der Waals surface area contributed by atoms with Crippen molar-refractivity contribution in [3.8, 4) is 0 Å². The van der Waals surface area contributed by atoms with Crippen LogP contribution in [0.1, 0.15) is 36.5 Å². The fraction of sp³-hybridized carbons (Fsp3) is 0.588. The van der Waals surface area contributed by atoms with Gasteiger partial charge < -0.3 is 15.4 Å². The van der Waals surface area contributed by atoms with Crippen LogP contribution in [0, 0.1) is 0 Å². The third-order valence-electron chi connectivity index (χ3n) is 4.22. The van der Waals surface area contributed by atoms with Gasteiger partial charge in [-0.25, -0.2) is 13.1 Å². The predicted octanol–water partition coefficient (Wildman–Crippen LogP) is 0.955. The number of nitrogens with one attached hydrogen (secondary N) is 1. The van der Waals surface area contributed by atoms with Gasteiger partial charge in [0.25, 0.3) is 5.91 Å². The third-order valence-corrected chi connectivity index (χ3v) is 5.76. The molecule has 8 heteroatoms. The van der Waals surface area contributed by atoms with E-state index in [1.54, 1.807) is 17.0 Å². The molecule has 0 aromatic heterocycles. The maximum Gasteiger partial charge on any atom is 0.254 e. The molecule has 140 valence electrons. The van der Waals surface area contributed by atoms with E-state index in [2.05, 4.69) is 4.72 Å². The minimum atomic E-state index is -3.64. The van der Waals surface area contributed by atoms with E-state index in [0.29, 0.717) is 38.3 Å². The summed E-state index contributed by atoms with van der Waals surface area (Å²) in [5.41, 5.74) is 6.13. The van der Waals surface area contributed by atoms with Crippen molar-refractivity contribution < 1.29 is 17.9 Å². The van der Waals surface area contributed by atoms with Crippen LogP contribution in [0.2, 0.25) is 0 Å². The summed E-state index contributed by atoms with van der Waals surface area (Å²) in [6, 6.07) is 5.75. The molecule has 25 heavy (non-hydrogen) atoms. The molecule has 1 unspecified atom stereocenters. The van der Waals surface area contributed by atoms with E-state index < -0.39 is 10.0 Å². The Morgan fingerprint density at radius 2 is 1.92 bits per heavy atom. The number of carbonyl (C=O) groups is 1. The number of hydrogen-bond acceptors (Lipinski definition) is 5. The summed E-state index contributed by atoms with van der Waals surface area (Å²) in [5, 5.41) is 0. The molecule has 1 fully saturated rings. The minimum absolute atomic E-state index is 0.108. The zero-order valence-electron chi connectivity index (χ0n) is 14.6. The number of carbonyl (C=O) groups excluding carboxylic acids is 1. The molecule has 1 aliphatic heterocycles. The Hall–Kier alpha value is -1.48. The van der Waals surface area contributed by atoms with E-state index in [0.717, 1.165) is 12.8 Å². The normalized spacial score (nSPS) is 16.6. The Morgan fingerprint density at radius 1 is 1.28 bits per heavy atom. The molecule has 3 N–H and O–H groups in total. The Labute approximate surface area is 149 Å². The van der Waals surface area contributed by atoms with Gasteiger partial charge in [-0.15, -0.1) is 0 Å². The molecule has 1 aromatic carbocycles.